The number of aromatic nitrogens is 1. The van der Waals surface area contributed by atoms with E-state index in [4.69, 9.17) is 21.6 Å². The van der Waals surface area contributed by atoms with Gasteiger partial charge in [0.05, 0.1) is 13.2 Å². The minimum absolute atomic E-state index is 0.377. The summed E-state index contributed by atoms with van der Waals surface area (Å²) in [5.41, 5.74) is 19.0. The third-order valence-electron chi connectivity index (χ3n) is 5.47. The van der Waals surface area contributed by atoms with Crippen molar-refractivity contribution in [1.29, 1.82) is 5.41 Å². The minimum Gasteiger partial charge on any atom is -0.404 e. The summed E-state index contributed by atoms with van der Waals surface area (Å²) in [6.07, 6.45) is 7.66. The molecule has 0 bridgehead atoms. The highest BCUT2D eigenvalue weighted by Gasteiger charge is 2.24. The summed E-state index contributed by atoms with van der Waals surface area (Å²) < 4.78 is 5.73. The van der Waals surface area contributed by atoms with E-state index in [9.17, 15) is 0 Å². The van der Waals surface area contributed by atoms with Crippen molar-refractivity contribution in [3.63, 3.8) is 0 Å². The van der Waals surface area contributed by atoms with Gasteiger partial charge < -0.3 is 26.9 Å². The predicted octanol–water partition coefficient (Wildman–Crippen LogP) is 2.78. The van der Waals surface area contributed by atoms with Gasteiger partial charge in [-0.1, -0.05) is 6.07 Å². The fraction of sp³-hybridized carbons (Fsp3) is 0.333. The molecule has 6 nitrogen and oxygen atoms in total. The van der Waals surface area contributed by atoms with Crippen LogP contribution in [0.3, 0.4) is 0 Å². The maximum Gasteiger partial charge on any atom is 0.131 e. The molecular weight excluding hydrogens is 338 g/mol. The van der Waals surface area contributed by atoms with Crippen LogP contribution in [-0.2, 0) is 17.8 Å². The molecule has 1 saturated heterocycles. The second-order valence-corrected chi connectivity index (χ2v) is 7.08. The number of fused-ring (bicyclic) bond motifs is 1. The lowest BCUT2D eigenvalue weighted by atomic mass is 9.88. The summed E-state index contributed by atoms with van der Waals surface area (Å²) in [5, 5.41) is 11.2. The van der Waals surface area contributed by atoms with E-state index in [0.29, 0.717) is 29.6 Å². The van der Waals surface area contributed by atoms with Crippen LogP contribution in [0, 0.1) is 5.41 Å². The first-order valence-electron chi connectivity index (χ1n) is 9.36. The van der Waals surface area contributed by atoms with Gasteiger partial charge in [-0.25, -0.2) is 4.98 Å². The smallest absolute Gasteiger partial charge is 0.131 e. The Bertz CT molecular complexity index is 900. The van der Waals surface area contributed by atoms with Crippen molar-refractivity contribution in [2.45, 2.75) is 31.9 Å². The summed E-state index contributed by atoms with van der Waals surface area (Å²) in [7, 11) is 0. The van der Waals surface area contributed by atoms with Gasteiger partial charge in [0, 0.05) is 41.4 Å². The van der Waals surface area contributed by atoms with Crippen molar-refractivity contribution >= 4 is 17.6 Å². The molecule has 0 amide bonds. The van der Waals surface area contributed by atoms with Gasteiger partial charge in [-0.15, -0.1) is 0 Å². The molecular formula is C21H25N5O. The summed E-state index contributed by atoms with van der Waals surface area (Å²) in [6.45, 7) is 2.50. The molecule has 0 aliphatic carbocycles. The molecule has 2 aromatic rings. The zero-order valence-electron chi connectivity index (χ0n) is 15.3. The van der Waals surface area contributed by atoms with E-state index in [1.54, 1.807) is 6.20 Å². The van der Waals surface area contributed by atoms with Crippen LogP contribution in [0.2, 0.25) is 0 Å². The maximum atomic E-state index is 7.56. The van der Waals surface area contributed by atoms with Crippen LogP contribution in [0.4, 0.5) is 5.82 Å². The lowest BCUT2D eigenvalue weighted by Gasteiger charge is -2.25. The second-order valence-electron chi connectivity index (χ2n) is 7.08. The molecule has 1 aromatic heterocycles. The number of nitrogens with two attached hydrogens (primary N) is 2. The third-order valence-corrected chi connectivity index (χ3v) is 5.47. The zero-order chi connectivity index (χ0) is 18.8. The predicted molar refractivity (Wildman–Crippen MR) is 108 cm³/mol. The molecule has 27 heavy (non-hydrogen) atoms. The molecule has 3 heterocycles. The second kappa shape index (κ2) is 7.50. The molecule has 0 radical (unpaired) electrons. The highest BCUT2D eigenvalue weighted by atomic mass is 16.5. The van der Waals surface area contributed by atoms with Gasteiger partial charge in [-0.05, 0) is 60.2 Å². The van der Waals surface area contributed by atoms with Crippen LogP contribution < -0.4 is 16.8 Å². The Morgan fingerprint density at radius 2 is 2.19 bits per heavy atom. The zero-order valence-corrected chi connectivity index (χ0v) is 15.3. The first-order valence-corrected chi connectivity index (χ1v) is 9.36. The Morgan fingerprint density at radius 3 is 2.93 bits per heavy atom. The Morgan fingerprint density at radius 1 is 1.30 bits per heavy atom. The fourth-order valence-corrected chi connectivity index (χ4v) is 4.02. The van der Waals surface area contributed by atoms with E-state index < -0.39 is 0 Å². The molecule has 0 saturated carbocycles. The van der Waals surface area contributed by atoms with Crippen LogP contribution in [0.5, 0.6) is 0 Å². The average molecular weight is 363 g/mol. The number of hydrogen-bond acceptors (Lipinski definition) is 6. The van der Waals surface area contributed by atoms with E-state index in [1.165, 1.54) is 35.5 Å². The fourth-order valence-electron chi connectivity index (χ4n) is 4.02. The number of ether oxygens (including phenoxy) is 1. The van der Waals surface area contributed by atoms with Gasteiger partial charge in [-0.2, -0.15) is 0 Å². The Hall–Kier alpha value is -2.70. The topological polar surface area (TPSA) is 110 Å². The summed E-state index contributed by atoms with van der Waals surface area (Å²) in [4.78, 5) is 4.35. The molecule has 6 heteroatoms. The van der Waals surface area contributed by atoms with Gasteiger partial charge in [-0.3, -0.25) is 0 Å². The number of anilines is 1. The van der Waals surface area contributed by atoms with Crippen molar-refractivity contribution in [2.24, 2.45) is 5.73 Å². The van der Waals surface area contributed by atoms with Crippen molar-refractivity contribution in [3.8, 4) is 11.1 Å². The molecule has 1 aromatic carbocycles. The van der Waals surface area contributed by atoms with Crippen molar-refractivity contribution < 1.29 is 4.74 Å². The minimum atomic E-state index is 0.377. The number of nitrogens with zero attached hydrogens (tertiary/aromatic N) is 1. The normalized spacial score (nSPS) is 19.7. The lowest BCUT2D eigenvalue weighted by Crippen LogP contribution is -2.19. The SMILES string of the molecule is N=CC(=CN)c1cc(-c2cc3c(c(C4CCCN4)c2)COCC3)cnc1N. The lowest BCUT2D eigenvalue weighted by molar-refractivity contribution is 0.109. The average Bonchev–Trinajstić information content (AvgIpc) is 3.24. The standard InChI is InChI=1S/C21H25N5O/c22-9-16(10-23)17-8-15(11-26-21(17)24)14-6-13-3-5-27-12-19(13)18(7-14)20-2-1-4-25-20/h6-11,20,22,25H,1-5,12,23H2,(H2,24,26). The summed E-state index contributed by atoms with van der Waals surface area (Å²) >= 11 is 0. The Balaban J connectivity index is 1.83. The summed E-state index contributed by atoms with van der Waals surface area (Å²) in [5.74, 6) is 0.378. The number of pyridine rings is 1. The number of nitrogen functional groups attached to an aromatic ring is 1. The van der Waals surface area contributed by atoms with Crippen molar-refractivity contribution in [2.75, 3.05) is 18.9 Å². The van der Waals surface area contributed by atoms with Gasteiger partial charge in [0.15, 0.2) is 0 Å². The van der Waals surface area contributed by atoms with Crippen LogP contribution in [-0.4, -0.2) is 24.4 Å². The molecule has 2 aliphatic heterocycles. The van der Waals surface area contributed by atoms with Gasteiger partial charge >= 0.3 is 0 Å². The van der Waals surface area contributed by atoms with Crippen LogP contribution in [0.15, 0.2) is 30.6 Å². The first kappa shape index (κ1) is 17.7. The van der Waals surface area contributed by atoms with Gasteiger partial charge in [0.25, 0.3) is 0 Å². The molecule has 2 aliphatic rings. The molecule has 0 spiro atoms. The van der Waals surface area contributed by atoms with E-state index in [2.05, 4.69) is 22.4 Å². The summed E-state index contributed by atoms with van der Waals surface area (Å²) in [6, 6.07) is 6.84. The van der Waals surface area contributed by atoms with E-state index in [0.717, 1.165) is 37.1 Å². The largest absolute Gasteiger partial charge is 0.404 e. The van der Waals surface area contributed by atoms with Gasteiger partial charge in [0.1, 0.15) is 5.82 Å². The molecule has 6 N–H and O–H groups in total. The monoisotopic (exact) mass is 363 g/mol. The van der Waals surface area contributed by atoms with E-state index >= 15 is 0 Å². The highest BCUT2D eigenvalue weighted by molar-refractivity contribution is 6.10. The third kappa shape index (κ3) is 3.34. The maximum absolute atomic E-state index is 7.56. The highest BCUT2D eigenvalue weighted by Crippen LogP contribution is 2.35. The van der Waals surface area contributed by atoms with E-state index in [-0.39, 0.29) is 0 Å². The van der Waals surface area contributed by atoms with Crippen molar-refractivity contribution in [3.05, 3.63) is 52.8 Å². The van der Waals surface area contributed by atoms with E-state index in [1.807, 2.05) is 6.07 Å². The van der Waals surface area contributed by atoms with Gasteiger partial charge in [0.2, 0.25) is 0 Å². The van der Waals surface area contributed by atoms with Crippen LogP contribution in [0.1, 0.15) is 41.1 Å². The molecule has 1 unspecified atom stereocenters. The quantitative estimate of drug-likeness (QED) is 0.624. The molecule has 4 rings (SSSR count). The Labute approximate surface area is 159 Å². The first-order chi connectivity index (χ1) is 13.2. The molecule has 1 atom stereocenters. The van der Waals surface area contributed by atoms with Crippen LogP contribution >= 0.6 is 0 Å². The number of nitrogens with one attached hydrogen (secondary N) is 2. The Kier molecular flexibility index (Phi) is 4.92. The number of hydrogen-bond donors (Lipinski definition) is 4. The number of benzene rings is 1. The molecule has 1 fully saturated rings. The van der Waals surface area contributed by atoms with Crippen molar-refractivity contribution in [1.82, 2.24) is 10.3 Å². The number of allylic oxidation sites excluding steroid dienone is 1. The molecule has 140 valence electrons. The number of rotatable bonds is 4. The van der Waals surface area contributed by atoms with Crippen LogP contribution in [0.25, 0.3) is 16.7 Å².